The fourth-order valence-electron chi connectivity index (χ4n) is 1.31. The predicted molar refractivity (Wildman–Crippen MR) is 60.8 cm³/mol. The van der Waals surface area contributed by atoms with Crippen LogP contribution in [0.25, 0.3) is 0 Å². The van der Waals surface area contributed by atoms with Crippen LogP contribution in [0.2, 0.25) is 0 Å². The van der Waals surface area contributed by atoms with Crippen molar-refractivity contribution in [1.82, 2.24) is 15.2 Å². The van der Waals surface area contributed by atoms with Crippen molar-refractivity contribution in [3.8, 4) is 0 Å². The van der Waals surface area contributed by atoms with Gasteiger partial charge in [0.15, 0.2) is 0 Å². The number of carbonyl (C=O) groups excluding carboxylic acids is 1. The first-order chi connectivity index (χ1) is 7.77. The smallest absolute Gasteiger partial charge is 0.317 e. The third-order valence-electron chi connectivity index (χ3n) is 2.23. The van der Waals surface area contributed by atoms with Gasteiger partial charge in [0.25, 0.3) is 0 Å². The van der Waals surface area contributed by atoms with Crippen molar-refractivity contribution in [2.75, 3.05) is 19.7 Å². The molecule has 1 aromatic rings. The van der Waals surface area contributed by atoms with Gasteiger partial charge in [-0.25, -0.2) is 4.79 Å². The lowest BCUT2D eigenvalue weighted by Crippen LogP contribution is -2.41. The highest BCUT2D eigenvalue weighted by Gasteiger charge is 2.09. The Kier molecular flexibility index (Phi) is 5.28. The highest BCUT2D eigenvalue weighted by atomic mass is 16.3. The third kappa shape index (κ3) is 3.86. The molecule has 0 fully saturated rings. The molecule has 0 saturated carbocycles. The van der Waals surface area contributed by atoms with Crippen LogP contribution >= 0.6 is 0 Å². The number of likely N-dealkylation sites (N-methyl/N-ethyl adjacent to an activating group) is 1. The Balaban J connectivity index is 2.40. The minimum absolute atomic E-state index is 0.0173. The third-order valence-corrected chi connectivity index (χ3v) is 2.23. The summed E-state index contributed by atoms with van der Waals surface area (Å²) in [6.07, 6.45) is 3.37. The Morgan fingerprint density at radius 3 is 2.75 bits per heavy atom. The molecule has 0 aliphatic rings. The second-order valence-electron chi connectivity index (χ2n) is 3.32. The molecule has 0 saturated heterocycles. The van der Waals surface area contributed by atoms with Crippen LogP contribution in [0, 0.1) is 0 Å². The summed E-state index contributed by atoms with van der Waals surface area (Å²) in [4.78, 5) is 17.1. The first-order valence-corrected chi connectivity index (χ1v) is 5.30. The number of aromatic nitrogens is 1. The maximum atomic E-state index is 11.6. The number of urea groups is 1. The van der Waals surface area contributed by atoms with Crippen LogP contribution in [-0.2, 0) is 6.54 Å². The monoisotopic (exact) mass is 223 g/mol. The fraction of sp³-hybridized carbons (Fsp3) is 0.455. The molecule has 1 heterocycles. The lowest BCUT2D eigenvalue weighted by Gasteiger charge is -2.20. The van der Waals surface area contributed by atoms with Crippen LogP contribution in [-0.4, -0.2) is 40.7 Å². The van der Waals surface area contributed by atoms with E-state index >= 15 is 0 Å². The molecule has 0 bridgehead atoms. The molecule has 0 aromatic carbocycles. The van der Waals surface area contributed by atoms with Crippen LogP contribution in [0.1, 0.15) is 12.5 Å². The number of aliphatic hydroxyl groups excluding tert-OH is 1. The Hall–Kier alpha value is -1.62. The van der Waals surface area contributed by atoms with Crippen molar-refractivity contribution in [1.29, 1.82) is 0 Å². The Morgan fingerprint density at radius 2 is 2.19 bits per heavy atom. The zero-order valence-electron chi connectivity index (χ0n) is 9.39. The summed E-state index contributed by atoms with van der Waals surface area (Å²) in [5.41, 5.74) is 1.00. The van der Waals surface area contributed by atoms with Crippen LogP contribution in [0.4, 0.5) is 4.79 Å². The summed E-state index contributed by atoms with van der Waals surface area (Å²) >= 11 is 0. The van der Waals surface area contributed by atoms with E-state index in [0.717, 1.165) is 5.56 Å². The van der Waals surface area contributed by atoms with Crippen LogP contribution in [0.15, 0.2) is 24.5 Å². The van der Waals surface area contributed by atoms with E-state index in [0.29, 0.717) is 19.6 Å². The molecule has 2 N–H and O–H groups in total. The van der Waals surface area contributed by atoms with Gasteiger partial charge in [0.1, 0.15) is 0 Å². The van der Waals surface area contributed by atoms with E-state index in [9.17, 15) is 4.79 Å². The van der Waals surface area contributed by atoms with E-state index in [4.69, 9.17) is 5.11 Å². The summed E-state index contributed by atoms with van der Waals surface area (Å²) in [5.74, 6) is 0. The minimum atomic E-state index is -0.159. The zero-order chi connectivity index (χ0) is 11.8. The number of pyridine rings is 1. The minimum Gasteiger partial charge on any atom is -0.395 e. The summed E-state index contributed by atoms with van der Waals surface area (Å²) in [5, 5.41) is 11.6. The molecule has 16 heavy (non-hydrogen) atoms. The molecular formula is C11H17N3O2. The van der Waals surface area contributed by atoms with Gasteiger partial charge in [-0.05, 0) is 24.6 Å². The first-order valence-electron chi connectivity index (χ1n) is 5.30. The van der Waals surface area contributed by atoms with Crippen LogP contribution < -0.4 is 5.32 Å². The normalized spacial score (nSPS) is 9.88. The number of rotatable bonds is 5. The lowest BCUT2D eigenvalue weighted by atomic mass is 10.3. The van der Waals surface area contributed by atoms with Gasteiger partial charge in [0.05, 0.1) is 6.61 Å². The SMILES string of the molecule is CCN(CCO)C(=O)NCc1ccncc1. The predicted octanol–water partition coefficient (Wildman–Crippen LogP) is 0.605. The van der Waals surface area contributed by atoms with E-state index in [1.165, 1.54) is 0 Å². The average Bonchev–Trinajstić information content (AvgIpc) is 2.34. The Labute approximate surface area is 95.1 Å². The highest BCUT2D eigenvalue weighted by Crippen LogP contribution is 1.96. The maximum absolute atomic E-state index is 11.6. The molecule has 0 aliphatic heterocycles. The lowest BCUT2D eigenvalue weighted by molar-refractivity contribution is 0.180. The van der Waals surface area contributed by atoms with Crippen molar-refractivity contribution in [3.05, 3.63) is 30.1 Å². The molecule has 5 nitrogen and oxygen atoms in total. The van der Waals surface area contributed by atoms with E-state index in [1.54, 1.807) is 17.3 Å². The van der Waals surface area contributed by atoms with Gasteiger partial charge in [0.2, 0.25) is 0 Å². The standard InChI is InChI=1S/C11H17N3O2/c1-2-14(7-8-15)11(16)13-9-10-3-5-12-6-4-10/h3-6,15H,2,7-9H2,1H3,(H,13,16). The summed E-state index contributed by atoms with van der Waals surface area (Å²) in [6, 6.07) is 3.54. The number of nitrogens with zero attached hydrogens (tertiary/aromatic N) is 2. The number of hydrogen-bond donors (Lipinski definition) is 2. The number of nitrogens with one attached hydrogen (secondary N) is 1. The zero-order valence-corrected chi connectivity index (χ0v) is 9.39. The largest absolute Gasteiger partial charge is 0.395 e. The van der Waals surface area contributed by atoms with Gasteiger partial charge in [-0.2, -0.15) is 0 Å². The molecular weight excluding hydrogens is 206 g/mol. The van der Waals surface area contributed by atoms with Gasteiger partial charge in [-0.1, -0.05) is 0 Å². The Morgan fingerprint density at radius 1 is 1.50 bits per heavy atom. The quantitative estimate of drug-likeness (QED) is 0.768. The number of carbonyl (C=O) groups is 1. The topological polar surface area (TPSA) is 65.5 Å². The van der Waals surface area contributed by atoms with Crippen molar-refractivity contribution in [2.24, 2.45) is 0 Å². The summed E-state index contributed by atoms with van der Waals surface area (Å²) < 4.78 is 0. The first kappa shape index (κ1) is 12.4. The van der Waals surface area contributed by atoms with Crippen molar-refractivity contribution >= 4 is 6.03 Å². The van der Waals surface area contributed by atoms with Crippen LogP contribution in [0.5, 0.6) is 0 Å². The van der Waals surface area contributed by atoms with Crippen molar-refractivity contribution < 1.29 is 9.90 Å². The van der Waals surface area contributed by atoms with E-state index in [-0.39, 0.29) is 12.6 Å². The number of aliphatic hydroxyl groups is 1. The molecule has 0 aliphatic carbocycles. The van der Waals surface area contributed by atoms with Gasteiger partial charge in [0, 0.05) is 32.0 Å². The second-order valence-corrected chi connectivity index (χ2v) is 3.32. The molecule has 5 heteroatoms. The van der Waals surface area contributed by atoms with E-state index in [2.05, 4.69) is 10.3 Å². The molecule has 1 rings (SSSR count). The summed E-state index contributed by atoms with van der Waals surface area (Å²) in [6.45, 7) is 3.28. The Bertz CT molecular complexity index is 316. The summed E-state index contributed by atoms with van der Waals surface area (Å²) in [7, 11) is 0. The van der Waals surface area contributed by atoms with Gasteiger partial charge < -0.3 is 15.3 Å². The number of amides is 2. The molecule has 0 atom stereocenters. The molecule has 0 spiro atoms. The van der Waals surface area contributed by atoms with Gasteiger partial charge >= 0.3 is 6.03 Å². The number of hydrogen-bond acceptors (Lipinski definition) is 3. The van der Waals surface area contributed by atoms with Gasteiger partial charge in [-0.15, -0.1) is 0 Å². The van der Waals surface area contributed by atoms with Crippen molar-refractivity contribution in [2.45, 2.75) is 13.5 Å². The van der Waals surface area contributed by atoms with Crippen LogP contribution in [0.3, 0.4) is 0 Å². The highest BCUT2D eigenvalue weighted by molar-refractivity contribution is 5.74. The molecule has 1 aromatic heterocycles. The fourth-order valence-corrected chi connectivity index (χ4v) is 1.31. The molecule has 2 amide bonds. The second kappa shape index (κ2) is 6.79. The average molecular weight is 223 g/mol. The molecule has 0 radical (unpaired) electrons. The maximum Gasteiger partial charge on any atom is 0.317 e. The van der Waals surface area contributed by atoms with E-state index in [1.807, 2.05) is 19.1 Å². The van der Waals surface area contributed by atoms with E-state index < -0.39 is 0 Å². The molecule has 88 valence electrons. The van der Waals surface area contributed by atoms with Gasteiger partial charge in [-0.3, -0.25) is 4.98 Å². The molecule has 0 unspecified atom stereocenters. The van der Waals surface area contributed by atoms with Crippen molar-refractivity contribution in [3.63, 3.8) is 0 Å².